The lowest BCUT2D eigenvalue weighted by atomic mass is 9.52. The topological polar surface area (TPSA) is 119 Å². The monoisotopic (exact) mass is 477 g/mol. The van der Waals surface area contributed by atoms with Crippen LogP contribution in [-0.2, 0) is 9.59 Å². The van der Waals surface area contributed by atoms with E-state index in [0.717, 1.165) is 61.5 Å². The quantitative estimate of drug-likeness (QED) is 0.484. The maximum atomic E-state index is 13.0. The molecule has 0 aromatic carbocycles. The Labute approximate surface area is 202 Å². The fourth-order valence-electron chi connectivity index (χ4n) is 7.64. The highest BCUT2D eigenvalue weighted by molar-refractivity contribution is 6.40. The third-order valence-electron chi connectivity index (χ3n) is 8.96. The Morgan fingerprint density at radius 1 is 1.09 bits per heavy atom. The van der Waals surface area contributed by atoms with Gasteiger partial charge in [0.25, 0.3) is 0 Å². The number of nitrogens with zero attached hydrogens (tertiary/aromatic N) is 5. The summed E-state index contributed by atoms with van der Waals surface area (Å²) in [6.45, 7) is 2.61. The number of carbonyl (C=O) groups is 2. The van der Waals surface area contributed by atoms with E-state index in [1.165, 1.54) is 0 Å². The van der Waals surface area contributed by atoms with Crippen molar-refractivity contribution in [3.05, 3.63) is 18.5 Å². The molecule has 0 radical (unpaired) electrons. The van der Waals surface area contributed by atoms with Crippen molar-refractivity contribution in [3.8, 4) is 0 Å². The Hall–Kier alpha value is -2.98. The fraction of sp³-hybridized carbons (Fsp3) is 0.600. The lowest BCUT2D eigenvalue weighted by Gasteiger charge is -2.58. The van der Waals surface area contributed by atoms with Crippen molar-refractivity contribution in [2.45, 2.75) is 43.7 Å². The molecule has 4 aliphatic carbocycles. The second-order valence-corrected chi connectivity index (χ2v) is 11.3. The Morgan fingerprint density at radius 2 is 1.83 bits per heavy atom. The summed E-state index contributed by atoms with van der Waals surface area (Å²) >= 11 is 0. The van der Waals surface area contributed by atoms with Gasteiger partial charge in [-0.3, -0.25) is 19.4 Å². The molecule has 5 aliphatic rings. The Balaban J connectivity index is 1.27. The molecule has 35 heavy (non-hydrogen) atoms. The predicted octanol–water partition coefficient (Wildman–Crippen LogP) is 1.74. The van der Waals surface area contributed by atoms with Crippen LogP contribution in [0.4, 0.5) is 5.82 Å². The largest absolute Gasteiger partial charge is 0.390 e. The molecule has 5 fully saturated rings. The number of carbonyl (C=O) groups excluding carboxylic acids is 2. The summed E-state index contributed by atoms with van der Waals surface area (Å²) < 4.78 is 2.19. The Kier molecular flexibility index (Phi) is 4.57. The molecule has 4 heterocycles. The first-order chi connectivity index (χ1) is 16.9. The lowest BCUT2D eigenvalue weighted by molar-refractivity contribution is -0.148. The van der Waals surface area contributed by atoms with Crippen molar-refractivity contribution in [1.29, 1.82) is 0 Å². The zero-order valence-corrected chi connectivity index (χ0v) is 19.9. The van der Waals surface area contributed by atoms with Gasteiger partial charge in [0.2, 0.25) is 0 Å². The van der Waals surface area contributed by atoms with Crippen LogP contribution in [0.25, 0.3) is 21.9 Å². The fourth-order valence-corrected chi connectivity index (χ4v) is 7.64. The summed E-state index contributed by atoms with van der Waals surface area (Å²) in [6.07, 6.45) is 8.28. The van der Waals surface area contributed by atoms with Crippen LogP contribution in [0, 0.1) is 17.8 Å². The summed E-state index contributed by atoms with van der Waals surface area (Å²) in [4.78, 5) is 38.6. The van der Waals surface area contributed by atoms with Gasteiger partial charge in [-0.2, -0.15) is 0 Å². The summed E-state index contributed by atoms with van der Waals surface area (Å²) in [5, 5.41) is 19.1. The van der Waals surface area contributed by atoms with Crippen LogP contribution >= 0.6 is 0 Å². The van der Waals surface area contributed by atoms with Gasteiger partial charge in [-0.05, 0) is 63.0 Å². The van der Waals surface area contributed by atoms with E-state index in [4.69, 9.17) is 0 Å². The van der Waals surface area contributed by atoms with Crippen molar-refractivity contribution in [3.63, 3.8) is 0 Å². The number of hydrogen-bond acceptors (Lipinski definition) is 6. The average Bonchev–Trinajstić information content (AvgIpc) is 3.42. The van der Waals surface area contributed by atoms with E-state index in [1.807, 2.05) is 13.1 Å². The summed E-state index contributed by atoms with van der Waals surface area (Å²) in [6, 6.07) is 2.16. The molecule has 1 saturated heterocycles. The summed E-state index contributed by atoms with van der Waals surface area (Å²) in [5.74, 6) is 0.701. The van der Waals surface area contributed by atoms with Crippen LogP contribution < -0.4 is 5.32 Å². The van der Waals surface area contributed by atoms with E-state index in [2.05, 4.69) is 30.0 Å². The Bertz CT molecular complexity index is 1320. The first-order valence-electron chi connectivity index (χ1n) is 12.7. The lowest BCUT2D eigenvalue weighted by Crippen LogP contribution is -2.55. The van der Waals surface area contributed by atoms with Gasteiger partial charge in [-0.25, -0.2) is 9.97 Å². The minimum absolute atomic E-state index is 0.203. The van der Waals surface area contributed by atoms with Gasteiger partial charge in [0.05, 0.1) is 22.5 Å². The second kappa shape index (κ2) is 7.51. The molecule has 5 atom stereocenters. The molecule has 184 valence electrons. The summed E-state index contributed by atoms with van der Waals surface area (Å²) in [5.41, 5.74) is 1.10. The number of H-pyrrole nitrogens is 1. The highest BCUT2D eigenvalue weighted by Gasteiger charge is 2.55. The van der Waals surface area contributed by atoms with Gasteiger partial charge < -0.3 is 20.2 Å². The second-order valence-electron chi connectivity index (χ2n) is 11.3. The number of piperazine rings is 1. The smallest absolute Gasteiger partial charge is 0.315 e. The third kappa shape index (κ3) is 3.30. The van der Waals surface area contributed by atoms with Crippen molar-refractivity contribution in [1.82, 2.24) is 29.5 Å². The zero-order valence-electron chi connectivity index (χ0n) is 19.9. The number of amides is 2. The molecule has 10 nitrogen and oxygen atoms in total. The number of anilines is 1. The van der Waals surface area contributed by atoms with Crippen LogP contribution in [-0.4, -0.2) is 85.3 Å². The molecule has 1 aliphatic heterocycles. The van der Waals surface area contributed by atoms with Gasteiger partial charge in [0.1, 0.15) is 5.82 Å². The SMILES string of the molecule is CN1CCN(C(=O)C(=O)Nc2[nH]n(C3[C@@H]4CC5C[C@H]3CC(O)(C5)C4)c3c2cnc2nccc23)CC1. The minimum Gasteiger partial charge on any atom is -0.390 e. The van der Waals surface area contributed by atoms with E-state index in [1.54, 1.807) is 17.3 Å². The molecule has 8 rings (SSSR count). The number of aromatic nitrogens is 4. The standard InChI is InChI=1S/C25H31N7O3/c1-30-4-6-31(7-5-30)24(34)23(33)28-22-18-13-27-21-17(2-3-26-21)20(18)32(29-22)19-15-8-14-9-16(19)12-25(35,10-14)11-15/h2-3,13-16,19,29,35H,4-12H2,1H3,(H,28,33)/t14?,15-,16+,19?,25?. The zero-order chi connectivity index (χ0) is 23.9. The van der Waals surface area contributed by atoms with Gasteiger partial charge in [0, 0.05) is 44.0 Å². The molecule has 2 amide bonds. The maximum absolute atomic E-state index is 13.0. The van der Waals surface area contributed by atoms with Gasteiger partial charge >= 0.3 is 11.8 Å². The first-order valence-corrected chi connectivity index (χ1v) is 12.7. The van der Waals surface area contributed by atoms with E-state index < -0.39 is 17.4 Å². The normalized spacial score (nSPS) is 32.6. The molecule has 3 aromatic heterocycles. The number of nitrogens with one attached hydrogen (secondary N) is 2. The average molecular weight is 478 g/mol. The molecule has 3 unspecified atom stereocenters. The number of pyridine rings is 1. The molecular weight excluding hydrogens is 446 g/mol. The van der Waals surface area contributed by atoms with E-state index in [-0.39, 0.29) is 6.04 Å². The number of rotatable bonds is 2. The number of aromatic amines is 1. The van der Waals surface area contributed by atoms with Crippen LogP contribution in [0.5, 0.6) is 0 Å². The highest BCUT2D eigenvalue weighted by atomic mass is 16.3. The predicted molar refractivity (Wildman–Crippen MR) is 130 cm³/mol. The van der Waals surface area contributed by atoms with E-state index in [0.29, 0.717) is 42.3 Å². The van der Waals surface area contributed by atoms with Crippen molar-refractivity contribution < 1.29 is 14.7 Å². The minimum atomic E-state index is -0.634. The number of likely N-dealkylation sites (N-methyl/N-ethyl adjacent to an activating group) is 1. The van der Waals surface area contributed by atoms with E-state index in [9.17, 15) is 14.7 Å². The van der Waals surface area contributed by atoms with Crippen LogP contribution in [0.3, 0.4) is 0 Å². The Morgan fingerprint density at radius 3 is 2.54 bits per heavy atom. The molecule has 4 bridgehead atoms. The van der Waals surface area contributed by atoms with Crippen molar-refractivity contribution in [2.24, 2.45) is 17.8 Å². The van der Waals surface area contributed by atoms with Crippen LogP contribution in [0.2, 0.25) is 0 Å². The van der Waals surface area contributed by atoms with Gasteiger partial charge in [-0.1, -0.05) is 0 Å². The number of hydrogen-bond donors (Lipinski definition) is 3. The maximum Gasteiger partial charge on any atom is 0.315 e. The molecular formula is C25H31N7O3. The van der Waals surface area contributed by atoms with Crippen molar-refractivity contribution in [2.75, 3.05) is 38.5 Å². The highest BCUT2D eigenvalue weighted by Crippen LogP contribution is 2.60. The summed E-state index contributed by atoms with van der Waals surface area (Å²) in [7, 11) is 2.01. The molecule has 10 heteroatoms. The van der Waals surface area contributed by atoms with Gasteiger partial charge in [0.15, 0.2) is 5.65 Å². The van der Waals surface area contributed by atoms with E-state index >= 15 is 0 Å². The number of aliphatic hydroxyl groups is 1. The molecule has 3 N–H and O–H groups in total. The molecule has 0 spiro atoms. The molecule has 4 saturated carbocycles. The third-order valence-corrected chi connectivity index (χ3v) is 8.96. The van der Waals surface area contributed by atoms with Crippen LogP contribution in [0.1, 0.15) is 38.1 Å². The van der Waals surface area contributed by atoms with Crippen LogP contribution in [0.15, 0.2) is 18.5 Å². The van der Waals surface area contributed by atoms with Crippen molar-refractivity contribution >= 4 is 39.6 Å². The van der Waals surface area contributed by atoms with Gasteiger partial charge in [-0.15, -0.1) is 0 Å². The molecule has 3 aromatic rings. The first kappa shape index (κ1) is 21.3. The number of fused-ring (bicyclic) bond motifs is 3.